The van der Waals surface area contributed by atoms with Gasteiger partial charge in [0.1, 0.15) is 24.6 Å². The summed E-state index contributed by atoms with van der Waals surface area (Å²) in [6, 6.07) is 0. The molecule has 25 heavy (non-hydrogen) atoms. The summed E-state index contributed by atoms with van der Waals surface area (Å²) in [5.41, 5.74) is -0.202. The van der Waals surface area contributed by atoms with E-state index in [1.807, 2.05) is 0 Å². The molecule has 134 valence electrons. The summed E-state index contributed by atoms with van der Waals surface area (Å²) < 4.78 is 22.1. The Morgan fingerprint density at radius 1 is 1.32 bits per heavy atom. The first-order valence-corrected chi connectivity index (χ1v) is 8.12. The van der Waals surface area contributed by atoms with Gasteiger partial charge in [0.25, 0.3) is 0 Å². The predicted molar refractivity (Wildman–Crippen MR) is 73.6 cm³/mol. The molecule has 2 unspecified atom stereocenters. The molecule has 1 aliphatic rings. The number of aliphatic hydroxyl groups excluding tert-OH is 2. The Morgan fingerprint density at radius 2 is 2.00 bits per heavy atom. The van der Waals surface area contributed by atoms with Crippen molar-refractivity contribution in [1.29, 1.82) is 5.41 Å². The molecule has 0 spiro atoms. The standard InChI is InChI=1S/C10H14N5O8P.Na.H/c11-8-5-9(13-3-15(8)18)14(2-12-5)10-7(17)6(16)4(23-10)1-22-24(19,20)21;;/h2-4,6-7,10-11,16-18H,1H2,(H2,19,20,21);;/q;+1;-1/t4-,6?,7?,10-;;/m0../s1. The zero-order chi connectivity index (χ0) is 17.6. The molecule has 2 aromatic heterocycles. The van der Waals surface area contributed by atoms with Crippen molar-refractivity contribution in [3.8, 4) is 0 Å². The van der Waals surface area contributed by atoms with E-state index in [9.17, 15) is 20.0 Å². The summed E-state index contributed by atoms with van der Waals surface area (Å²) in [6.07, 6.45) is -3.14. The topological polar surface area (TPSA) is 196 Å². The van der Waals surface area contributed by atoms with Crippen molar-refractivity contribution in [3.63, 3.8) is 0 Å². The van der Waals surface area contributed by atoms with Gasteiger partial charge >= 0.3 is 37.4 Å². The maximum absolute atomic E-state index is 10.7. The van der Waals surface area contributed by atoms with Gasteiger partial charge in [-0.15, -0.1) is 0 Å². The molecule has 0 bridgehead atoms. The third kappa shape index (κ3) is 3.95. The number of imidazole rings is 1. The van der Waals surface area contributed by atoms with Crippen LogP contribution < -0.4 is 35.0 Å². The maximum Gasteiger partial charge on any atom is 1.00 e. The van der Waals surface area contributed by atoms with E-state index in [-0.39, 0.29) is 47.6 Å². The molecule has 0 radical (unpaired) electrons. The van der Waals surface area contributed by atoms with Gasteiger partial charge in [0.05, 0.1) is 12.9 Å². The average Bonchev–Trinajstić information content (AvgIpc) is 3.04. The van der Waals surface area contributed by atoms with E-state index in [2.05, 4.69) is 14.5 Å². The van der Waals surface area contributed by atoms with Crippen LogP contribution in [0.1, 0.15) is 7.65 Å². The van der Waals surface area contributed by atoms with Gasteiger partial charge in [-0.25, -0.2) is 14.5 Å². The Labute approximate surface area is 163 Å². The first-order valence-electron chi connectivity index (χ1n) is 6.59. The second-order valence-electron chi connectivity index (χ2n) is 5.09. The Kier molecular flexibility index (Phi) is 6.06. The molecule has 6 N–H and O–H groups in total. The van der Waals surface area contributed by atoms with Crippen LogP contribution in [0.3, 0.4) is 0 Å². The van der Waals surface area contributed by atoms with Gasteiger partial charge in [-0.1, -0.05) is 0 Å². The quantitative estimate of drug-likeness (QED) is 0.168. The summed E-state index contributed by atoms with van der Waals surface area (Å²) >= 11 is 0. The molecule has 15 heteroatoms. The Bertz CT molecular complexity index is 873. The molecule has 1 saturated heterocycles. The van der Waals surface area contributed by atoms with Crippen molar-refractivity contribution in [1.82, 2.24) is 19.3 Å². The molecule has 2 aromatic rings. The second kappa shape index (κ2) is 7.40. The van der Waals surface area contributed by atoms with Crippen molar-refractivity contribution in [3.05, 3.63) is 18.1 Å². The van der Waals surface area contributed by atoms with E-state index in [1.165, 1.54) is 10.9 Å². The van der Waals surface area contributed by atoms with Crippen LogP contribution in [0.2, 0.25) is 0 Å². The maximum atomic E-state index is 10.7. The van der Waals surface area contributed by atoms with Gasteiger partial charge in [-0.2, -0.15) is 4.73 Å². The van der Waals surface area contributed by atoms with Crippen LogP contribution in [-0.2, 0) is 13.8 Å². The molecule has 3 heterocycles. The van der Waals surface area contributed by atoms with Crippen molar-refractivity contribution < 1.29 is 70.0 Å². The van der Waals surface area contributed by atoms with Gasteiger partial charge in [-0.05, 0) is 0 Å². The average molecular weight is 387 g/mol. The van der Waals surface area contributed by atoms with Crippen molar-refractivity contribution >= 4 is 19.0 Å². The number of phosphoric acid groups is 1. The minimum atomic E-state index is -4.76. The molecule has 0 amide bonds. The molecule has 3 rings (SSSR count). The second-order valence-corrected chi connectivity index (χ2v) is 6.33. The van der Waals surface area contributed by atoms with E-state index >= 15 is 0 Å². The molecular weight excluding hydrogens is 372 g/mol. The third-order valence-electron chi connectivity index (χ3n) is 3.53. The van der Waals surface area contributed by atoms with Gasteiger partial charge in [0.15, 0.2) is 22.9 Å². The van der Waals surface area contributed by atoms with Crippen LogP contribution in [0, 0.1) is 5.41 Å². The Morgan fingerprint density at radius 3 is 2.64 bits per heavy atom. The Balaban J connectivity index is 0.00000169. The monoisotopic (exact) mass is 387 g/mol. The van der Waals surface area contributed by atoms with Crippen molar-refractivity contribution in [2.45, 2.75) is 24.5 Å². The van der Waals surface area contributed by atoms with E-state index in [0.717, 1.165) is 6.33 Å². The normalized spacial score (nSPS) is 26.7. The first kappa shape index (κ1) is 20.5. The zero-order valence-electron chi connectivity index (χ0n) is 13.9. The fourth-order valence-electron chi connectivity index (χ4n) is 2.38. The van der Waals surface area contributed by atoms with Gasteiger partial charge in [0, 0.05) is 0 Å². The van der Waals surface area contributed by atoms with Gasteiger partial charge < -0.3 is 31.4 Å². The number of fused-ring (bicyclic) bond motifs is 1. The minimum Gasteiger partial charge on any atom is -1.00 e. The van der Waals surface area contributed by atoms with Crippen molar-refractivity contribution in [2.24, 2.45) is 0 Å². The molecule has 1 aliphatic heterocycles. The van der Waals surface area contributed by atoms with Crippen LogP contribution in [0.5, 0.6) is 0 Å². The number of ether oxygens (including phenoxy) is 1. The summed E-state index contributed by atoms with van der Waals surface area (Å²) in [6.45, 7) is -0.639. The van der Waals surface area contributed by atoms with Crippen LogP contribution in [0.4, 0.5) is 0 Å². The van der Waals surface area contributed by atoms with Gasteiger partial charge in [0.2, 0.25) is 0 Å². The number of hydrogen-bond acceptors (Lipinski definition) is 9. The summed E-state index contributed by atoms with van der Waals surface area (Å²) in [4.78, 5) is 25.2. The fraction of sp³-hybridized carbons (Fsp3) is 0.500. The zero-order valence-corrected chi connectivity index (χ0v) is 15.8. The number of aromatic nitrogens is 4. The number of nitrogens with one attached hydrogen (secondary N) is 1. The van der Waals surface area contributed by atoms with Crippen LogP contribution >= 0.6 is 7.82 Å². The van der Waals surface area contributed by atoms with E-state index in [0.29, 0.717) is 4.73 Å². The SMILES string of the molecule is N=c1c2ncn([C@H]3O[C@@H](COP(=O)(O)O)C(O)C3O)c2ncn1O.[H-].[Na+]. The molecule has 13 nitrogen and oxygen atoms in total. The molecule has 0 aliphatic carbocycles. The number of aliphatic hydroxyl groups is 2. The first-order chi connectivity index (χ1) is 11.2. The summed E-state index contributed by atoms with van der Waals surface area (Å²) in [5, 5.41) is 37.1. The summed E-state index contributed by atoms with van der Waals surface area (Å²) in [5.74, 6) is 0. The predicted octanol–water partition coefficient (Wildman–Crippen LogP) is -5.21. The van der Waals surface area contributed by atoms with Crippen LogP contribution in [-0.4, -0.2) is 69.4 Å². The number of phosphoric ester groups is 1. The Hall–Kier alpha value is -0.860. The summed E-state index contributed by atoms with van der Waals surface area (Å²) in [7, 11) is -4.76. The smallest absolute Gasteiger partial charge is 1.00 e. The molecule has 0 aromatic carbocycles. The van der Waals surface area contributed by atoms with E-state index in [1.54, 1.807) is 0 Å². The van der Waals surface area contributed by atoms with Crippen molar-refractivity contribution in [2.75, 3.05) is 6.61 Å². The van der Waals surface area contributed by atoms with Crippen LogP contribution in [0.25, 0.3) is 11.2 Å². The van der Waals surface area contributed by atoms with E-state index in [4.69, 9.17) is 19.9 Å². The van der Waals surface area contributed by atoms with Gasteiger partial charge in [-0.3, -0.25) is 14.5 Å². The molecule has 1 fully saturated rings. The minimum absolute atomic E-state index is 0. The number of rotatable bonds is 4. The molecule has 0 saturated carbocycles. The number of nitrogens with zero attached hydrogens (tertiary/aromatic N) is 4. The largest absolute Gasteiger partial charge is 1.00 e. The molecule has 4 atom stereocenters. The number of hydrogen-bond donors (Lipinski definition) is 6. The van der Waals surface area contributed by atoms with Crippen LogP contribution in [0.15, 0.2) is 12.7 Å². The van der Waals surface area contributed by atoms with E-state index < -0.39 is 39.0 Å². The molecular formula is C10H15N5NaO8P. The third-order valence-corrected chi connectivity index (χ3v) is 4.01. The fourth-order valence-corrected chi connectivity index (χ4v) is 2.72.